The molecule has 1 unspecified atom stereocenters. The van der Waals surface area contributed by atoms with Crippen molar-refractivity contribution in [1.82, 2.24) is 5.32 Å². The van der Waals surface area contributed by atoms with Crippen molar-refractivity contribution >= 4 is 27.5 Å². The van der Waals surface area contributed by atoms with E-state index in [2.05, 4.69) is 47.2 Å². The third-order valence-electron chi connectivity index (χ3n) is 2.58. The minimum atomic E-state index is 0.417. The Hall–Kier alpha value is -0.0500. The molecule has 1 N–H and O–H groups in total. The minimum absolute atomic E-state index is 0.417. The van der Waals surface area contributed by atoms with E-state index >= 15 is 0 Å². The van der Waals surface area contributed by atoms with Crippen LogP contribution in [0.15, 0.2) is 22.7 Å². The molecule has 0 amide bonds. The quantitative estimate of drug-likeness (QED) is 0.784. The molecule has 0 aliphatic rings. The summed E-state index contributed by atoms with van der Waals surface area (Å²) in [5, 5.41) is 4.30. The topological polar surface area (TPSA) is 12.0 Å². The molecule has 3 heteroatoms. The Morgan fingerprint density at radius 3 is 2.62 bits per heavy atom. The van der Waals surface area contributed by atoms with Crippen LogP contribution in [0.1, 0.15) is 44.7 Å². The van der Waals surface area contributed by atoms with Gasteiger partial charge in [-0.2, -0.15) is 0 Å². The highest BCUT2D eigenvalue weighted by Crippen LogP contribution is 2.26. The molecule has 0 saturated heterocycles. The largest absolute Gasteiger partial charge is 0.310 e. The first kappa shape index (κ1) is 14.0. The zero-order valence-corrected chi connectivity index (χ0v) is 12.2. The molecule has 1 atom stereocenters. The number of hydrogen-bond acceptors (Lipinski definition) is 1. The summed E-state index contributed by atoms with van der Waals surface area (Å²) in [6.45, 7) is 5.34. The molecule has 16 heavy (non-hydrogen) atoms. The van der Waals surface area contributed by atoms with Crippen LogP contribution in [0.25, 0.3) is 0 Å². The first-order chi connectivity index (χ1) is 7.67. The first-order valence-electron chi connectivity index (χ1n) is 5.86. The fourth-order valence-corrected chi connectivity index (χ4v) is 2.70. The molecular formula is C13H19BrClN. The smallest absolute Gasteiger partial charge is 0.0420 e. The summed E-state index contributed by atoms with van der Waals surface area (Å²) in [5.74, 6) is 0. The normalized spacial score (nSPS) is 12.8. The van der Waals surface area contributed by atoms with Crippen LogP contribution >= 0.6 is 27.5 Å². The predicted octanol–water partition coefficient (Wildman–Crippen LogP) is 4.94. The van der Waals surface area contributed by atoms with E-state index in [1.165, 1.54) is 18.4 Å². The second-order valence-corrected chi connectivity index (χ2v) is 5.31. The fourth-order valence-electron chi connectivity index (χ4n) is 1.82. The highest BCUT2D eigenvalue weighted by molar-refractivity contribution is 9.10. The molecule has 0 bridgehead atoms. The molecular weight excluding hydrogens is 286 g/mol. The fraction of sp³-hybridized carbons (Fsp3) is 0.538. The number of benzene rings is 1. The summed E-state index contributed by atoms with van der Waals surface area (Å²) in [6, 6.07) is 6.54. The third kappa shape index (κ3) is 4.44. The van der Waals surface area contributed by atoms with Crippen molar-refractivity contribution in [2.75, 3.05) is 6.54 Å². The van der Waals surface area contributed by atoms with Crippen LogP contribution < -0.4 is 5.32 Å². The number of nitrogens with one attached hydrogen (secondary N) is 1. The van der Waals surface area contributed by atoms with Gasteiger partial charge in [-0.05, 0) is 36.7 Å². The molecule has 0 aliphatic carbocycles. The summed E-state index contributed by atoms with van der Waals surface area (Å²) in [5.41, 5.74) is 1.27. The average molecular weight is 305 g/mol. The van der Waals surface area contributed by atoms with Crippen molar-refractivity contribution in [3.05, 3.63) is 33.3 Å². The SMILES string of the molecule is CCCCC(NCC)c1cc(Cl)cc(Br)c1. The lowest BCUT2D eigenvalue weighted by Gasteiger charge is -2.18. The molecule has 90 valence electrons. The van der Waals surface area contributed by atoms with Crippen LogP contribution in [0.2, 0.25) is 5.02 Å². The monoisotopic (exact) mass is 303 g/mol. The van der Waals surface area contributed by atoms with Gasteiger partial charge < -0.3 is 5.32 Å². The third-order valence-corrected chi connectivity index (χ3v) is 3.26. The van der Waals surface area contributed by atoms with Crippen LogP contribution in [-0.4, -0.2) is 6.54 Å². The second-order valence-electron chi connectivity index (χ2n) is 3.96. The van der Waals surface area contributed by atoms with E-state index in [0.717, 1.165) is 22.5 Å². The van der Waals surface area contributed by atoms with Gasteiger partial charge in [0.05, 0.1) is 0 Å². The molecule has 0 saturated carbocycles. The van der Waals surface area contributed by atoms with E-state index in [1.54, 1.807) is 0 Å². The van der Waals surface area contributed by atoms with Crippen LogP contribution in [0.5, 0.6) is 0 Å². The summed E-state index contributed by atoms with van der Waals surface area (Å²) < 4.78 is 1.05. The van der Waals surface area contributed by atoms with Gasteiger partial charge in [0.2, 0.25) is 0 Å². The Kier molecular flexibility index (Phi) is 6.40. The first-order valence-corrected chi connectivity index (χ1v) is 7.03. The van der Waals surface area contributed by atoms with Crippen molar-refractivity contribution in [3.8, 4) is 0 Å². The van der Waals surface area contributed by atoms with Gasteiger partial charge >= 0.3 is 0 Å². The lowest BCUT2D eigenvalue weighted by atomic mass is 10.0. The van der Waals surface area contributed by atoms with Gasteiger partial charge in [-0.25, -0.2) is 0 Å². The summed E-state index contributed by atoms with van der Waals surface area (Å²) in [6.07, 6.45) is 3.63. The van der Waals surface area contributed by atoms with Gasteiger partial charge in [-0.15, -0.1) is 0 Å². The van der Waals surface area contributed by atoms with Crippen molar-refractivity contribution < 1.29 is 0 Å². The van der Waals surface area contributed by atoms with Gasteiger partial charge in [0.15, 0.2) is 0 Å². The van der Waals surface area contributed by atoms with Gasteiger partial charge in [0.25, 0.3) is 0 Å². The number of rotatable bonds is 6. The van der Waals surface area contributed by atoms with Gasteiger partial charge in [0.1, 0.15) is 0 Å². The molecule has 0 fully saturated rings. The van der Waals surface area contributed by atoms with E-state index in [1.807, 2.05) is 6.07 Å². The number of hydrogen-bond donors (Lipinski definition) is 1. The lowest BCUT2D eigenvalue weighted by molar-refractivity contribution is 0.494. The Morgan fingerprint density at radius 2 is 2.06 bits per heavy atom. The maximum atomic E-state index is 6.07. The van der Waals surface area contributed by atoms with Gasteiger partial charge in [0, 0.05) is 15.5 Å². The zero-order chi connectivity index (χ0) is 12.0. The lowest BCUT2D eigenvalue weighted by Crippen LogP contribution is -2.20. The molecule has 1 aromatic rings. The van der Waals surface area contributed by atoms with Crippen molar-refractivity contribution in [2.24, 2.45) is 0 Å². The Labute approximate surface area is 112 Å². The number of halogens is 2. The van der Waals surface area contributed by atoms with E-state index < -0.39 is 0 Å². The highest BCUT2D eigenvalue weighted by atomic mass is 79.9. The van der Waals surface area contributed by atoms with Crippen molar-refractivity contribution in [1.29, 1.82) is 0 Å². The van der Waals surface area contributed by atoms with Gasteiger partial charge in [-0.1, -0.05) is 54.2 Å². The van der Waals surface area contributed by atoms with E-state index in [-0.39, 0.29) is 0 Å². The summed E-state index contributed by atoms with van der Waals surface area (Å²) in [4.78, 5) is 0. The van der Waals surface area contributed by atoms with Gasteiger partial charge in [-0.3, -0.25) is 0 Å². The predicted molar refractivity (Wildman–Crippen MR) is 75.1 cm³/mol. The molecule has 0 heterocycles. The van der Waals surface area contributed by atoms with Crippen LogP contribution in [-0.2, 0) is 0 Å². The molecule has 1 nitrogen and oxygen atoms in total. The van der Waals surface area contributed by atoms with Crippen molar-refractivity contribution in [3.63, 3.8) is 0 Å². The Balaban J connectivity index is 2.82. The summed E-state index contributed by atoms with van der Waals surface area (Å²) >= 11 is 9.56. The van der Waals surface area contributed by atoms with E-state index in [9.17, 15) is 0 Å². The van der Waals surface area contributed by atoms with Crippen molar-refractivity contribution in [2.45, 2.75) is 39.2 Å². The zero-order valence-electron chi connectivity index (χ0n) is 9.89. The average Bonchev–Trinajstić information content (AvgIpc) is 2.22. The molecule has 0 aromatic heterocycles. The Morgan fingerprint density at radius 1 is 1.31 bits per heavy atom. The van der Waals surface area contributed by atoms with E-state index in [4.69, 9.17) is 11.6 Å². The maximum absolute atomic E-state index is 6.07. The molecule has 1 rings (SSSR count). The standard InChI is InChI=1S/C13H19BrClN/c1-3-5-6-13(16-4-2)10-7-11(14)9-12(15)8-10/h7-9,13,16H,3-6H2,1-2H3. The Bertz CT molecular complexity index is 307. The van der Waals surface area contributed by atoms with E-state index in [0.29, 0.717) is 6.04 Å². The molecule has 1 aromatic carbocycles. The molecule has 0 aliphatic heterocycles. The minimum Gasteiger partial charge on any atom is -0.310 e. The molecule has 0 radical (unpaired) electrons. The maximum Gasteiger partial charge on any atom is 0.0420 e. The highest BCUT2D eigenvalue weighted by Gasteiger charge is 2.10. The van der Waals surface area contributed by atoms with Crippen LogP contribution in [0.4, 0.5) is 0 Å². The summed E-state index contributed by atoms with van der Waals surface area (Å²) in [7, 11) is 0. The van der Waals surface area contributed by atoms with Crippen LogP contribution in [0.3, 0.4) is 0 Å². The number of unbranched alkanes of at least 4 members (excludes halogenated alkanes) is 1. The second kappa shape index (κ2) is 7.31. The molecule has 0 spiro atoms. The van der Waals surface area contributed by atoms with Crippen LogP contribution in [0, 0.1) is 0 Å².